The maximum absolute atomic E-state index is 12.1. The highest BCUT2D eigenvalue weighted by Crippen LogP contribution is 2.24. The number of hydrogen-bond acceptors (Lipinski definition) is 4. The second kappa shape index (κ2) is 11.1. The number of aryl methyl sites for hydroxylation is 1. The van der Waals surface area contributed by atoms with E-state index in [1.165, 1.54) is 49.7 Å². The molecular weight excluding hydrogens is 414 g/mol. The molecule has 0 saturated carbocycles. The van der Waals surface area contributed by atoms with Crippen LogP contribution in [-0.4, -0.2) is 11.9 Å². The number of rotatable bonds is 10. The first-order valence-electron chi connectivity index (χ1n) is 11.5. The van der Waals surface area contributed by atoms with E-state index in [-0.39, 0.29) is 0 Å². The minimum absolute atomic E-state index is 0.340. The van der Waals surface area contributed by atoms with Crippen molar-refractivity contribution in [2.45, 2.75) is 51.9 Å². The molecule has 1 aromatic heterocycles. The highest BCUT2D eigenvalue weighted by atomic mass is 32.1. The quantitative estimate of drug-likeness (QED) is 0.183. The molecule has 0 atom stereocenters. The molecule has 2 heterocycles. The molecule has 1 aliphatic heterocycles. The molecule has 0 N–H and O–H groups in total. The summed E-state index contributed by atoms with van der Waals surface area (Å²) in [5.74, 6) is -0.0444. The van der Waals surface area contributed by atoms with Crippen LogP contribution in [0.5, 0.6) is 0 Å². The SMILES string of the molecule is CCCCCCCCc1ccc(-c2ccc(C3=N/C(=C\c4cccs4)C(=O)O3)cc2)cc1. The maximum Gasteiger partial charge on any atom is 0.363 e. The number of esters is 1. The van der Waals surface area contributed by atoms with Gasteiger partial charge < -0.3 is 4.74 Å². The van der Waals surface area contributed by atoms with Gasteiger partial charge in [0.2, 0.25) is 5.90 Å². The Bertz CT molecular complexity index is 1080. The Morgan fingerprint density at radius 3 is 2.19 bits per heavy atom. The van der Waals surface area contributed by atoms with Gasteiger partial charge in [0.25, 0.3) is 0 Å². The van der Waals surface area contributed by atoms with Gasteiger partial charge in [0.05, 0.1) is 0 Å². The molecule has 3 aromatic rings. The van der Waals surface area contributed by atoms with Gasteiger partial charge in [0, 0.05) is 10.4 Å². The van der Waals surface area contributed by atoms with Crippen LogP contribution < -0.4 is 0 Å². The summed E-state index contributed by atoms with van der Waals surface area (Å²) in [6.07, 6.45) is 10.9. The average Bonchev–Trinajstić information content (AvgIpc) is 3.47. The van der Waals surface area contributed by atoms with Crippen LogP contribution in [0.1, 0.15) is 61.5 Å². The number of aliphatic imine (C=N–C) groups is 1. The molecule has 0 aliphatic carbocycles. The molecular formula is C28H29NO2S. The van der Waals surface area contributed by atoms with Crippen LogP contribution in [0.25, 0.3) is 17.2 Å². The van der Waals surface area contributed by atoms with Crippen molar-refractivity contribution in [3.8, 4) is 11.1 Å². The number of cyclic esters (lactones) is 1. The van der Waals surface area contributed by atoms with Crippen molar-refractivity contribution < 1.29 is 9.53 Å². The Kier molecular flexibility index (Phi) is 7.68. The number of carbonyl (C=O) groups excluding carboxylic acids is 1. The van der Waals surface area contributed by atoms with Gasteiger partial charge in [-0.05, 0) is 59.2 Å². The smallest absolute Gasteiger partial charge is 0.363 e. The fraction of sp³-hybridized carbons (Fsp3) is 0.286. The number of benzene rings is 2. The zero-order valence-electron chi connectivity index (χ0n) is 18.5. The maximum atomic E-state index is 12.1. The van der Waals surface area contributed by atoms with Crippen molar-refractivity contribution in [1.82, 2.24) is 0 Å². The van der Waals surface area contributed by atoms with Crippen LogP contribution in [0.4, 0.5) is 0 Å². The highest BCUT2D eigenvalue weighted by Gasteiger charge is 2.24. The Labute approximate surface area is 194 Å². The molecule has 0 unspecified atom stereocenters. The second-order valence-electron chi connectivity index (χ2n) is 8.14. The number of unbranched alkanes of at least 4 members (excludes halogenated alkanes) is 5. The number of carbonyl (C=O) groups is 1. The molecule has 164 valence electrons. The van der Waals surface area contributed by atoms with Crippen molar-refractivity contribution in [3.63, 3.8) is 0 Å². The lowest BCUT2D eigenvalue weighted by atomic mass is 10.00. The van der Waals surface area contributed by atoms with Crippen LogP contribution in [0, 0.1) is 0 Å². The summed E-state index contributed by atoms with van der Waals surface area (Å²) in [6.45, 7) is 2.26. The van der Waals surface area contributed by atoms with Crippen molar-refractivity contribution >= 4 is 29.3 Å². The molecule has 0 radical (unpaired) electrons. The molecule has 32 heavy (non-hydrogen) atoms. The molecule has 0 saturated heterocycles. The summed E-state index contributed by atoms with van der Waals surface area (Å²) in [5, 5.41) is 1.97. The third-order valence-electron chi connectivity index (χ3n) is 5.68. The average molecular weight is 444 g/mol. The van der Waals surface area contributed by atoms with Gasteiger partial charge in [-0.25, -0.2) is 9.79 Å². The highest BCUT2D eigenvalue weighted by molar-refractivity contribution is 7.10. The summed E-state index contributed by atoms with van der Waals surface area (Å²) >= 11 is 1.56. The van der Waals surface area contributed by atoms with Crippen LogP contribution >= 0.6 is 11.3 Å². The van der Waals surface area contributed by atoms with E-state index in [2.05, 4.69) is 48.3 Å². The molecule has 4 heteroatoms. The van der Waals surface area contributed by atoms with Crippen molar-refractivity contribution in [3.05, 3.63) is 87.7 Å². The predicted molar refractivity (Wildman–Crippen MR) is 134 cm³/mol. The van der Waals surface area contributed by atoms with Gasteiger partial charge >= 0.3 is 5.97 Å². The van der Waals surface area contributed by atoms with Crippen LogP contribution in [0.3, 0.4) is 0 Å². The van der Waals surface area contributed by atoms with Crippen molar-refractivity contribution in [2.24, 2.45) is 4.99 Å². The predicted octanol–water partition coefficient (Wildman–Crippen LogP) is 7.66. The Hall–Kier alpha value is -2.98. The monoisotopic (exact) mass is 443 g/mol. The van der Waals surface area contributed by atoms with E-state index in [1.807, 2.05) is 29.6 Å². The van der Waals surface area contributed by atoms with Crippen LogP contribution in [0.2, 0.25) is 0 Å². The lowest BCUT2D eigenvalue weighted by Crippen LogP contribution is -2.05. The minimum Gasteiger partial charge on any atom is -0.402 e. The topological polar surface area (TPSA) is 38.7 Å². The molecule has 1 aliphatic rings. The third-order valence-corrected chi connectivity index (χ3v) is 6.50. The molecule has 0 bridgehead atoms. The molecule has 0 amide bonds. The van der Waals surface area contributed by atoms with Crippen molar-refractivity contribution in [2.75, 3.05) is 0 Å². The largest absolute Gasteiger partial charge is 0.402 e. The van der Waals surface area contributed by atoms with E-state index >= 15 is 0 Å². The lowest BCUT2D eigenvalue weighted by molar-refractivity contribution is -0.129. The molecule has 4 rings (SSSR count). The first-order chi connectivity index (χ1) is 15.7. The lowest BCUT2D eigenvalue weighted by Gasteiger charge is -2.06. The Morgan fingerprint density at radius 1 is 0.844 bits per heavy atom. The van der Waals surface area contributed by atoms with Gasteiger partial charge in [0.15, 0.2) is 5.70 Å². The number of thiophene rings is 1. The van der Waals surface area contributed by atoms with E-state index in [0.29, 0.717) is 11.6 Å². The number of ether oxygens (including phenoxy) is 1. The van der Waals surface area contributed by atoms with Gasteiger partial charge in [-0.3, -0.25) is 0 Å². The number of hydrogen-bond donors (Lipinski definition) is 0. The second-order valence-corrected chi connectivity index (χ2v) is 9.12. The summed E-state index contributed by atoms with van der Waals surface area (Å²) in [4.78, 5) is 17.5. The zero-order chi connectivity index (χ0) is 22.2. The zero-order valence-corrected chi connectivity index (χ0v) is 19.4. The van der Waals surface area contributed by atoms with Gasteiger partial charge in [-0.15, -0.1) is 11.3 Å². The van der Waals surface area contributed by atoms with E-state index in [1.54, 1.807) is 17.4 Å². The fourth-order valence-electron chi connectivity index (χ4n) is 3.82. The fourth-order valence-corrected chi connectivity index (χ4v) is 4.47. The summed E-state index contributed by atoms with van der Waals surface area (Å²) < 4.78 is 5.39. The normalized spacial score (nSPS) is 14.6. The molecule has 3 nitrogen and oxygen atoms in total. The minimum atomic E-state index is -0.404. The van der Waals surface area contributed by atoms with E-state index in [0.717, 1.165) is 22.4 Å². The summed E-state index contributed by atoms with van der Waals surface area (Å²) in [6, 6.07) is 20.8. The summed E-state index contributed by atoms with van der Waals surface area (Å²) in [7, 11) is 0. The first kappa shape index (κ1) is 22.2. The van der Waals surface area contributed by atoms with Gasteiger partial charge in [0.1, 0.15) is 0 Å². The first-order valence-corrected chi connectivity index (χ1v) is 12.4. The van der Waals surface area contributed by atoms with Crippen LogP contribution in [-0.2, 0) is 16.0 Å². The van der Waals surface area contributed by atoms with E-state index in [4.69, 9.17) is 4.74 Å². The standard InChI is InChI=1S/C28H29NO2S/c1-2-3-4-5-6-7-9-21-11-13-22(14-12-21)23-15-17-24(18-16-23)27-29-26(28(30)31-27)20-25-10-8-19-32-25/h8,10-20H,2-7,9H2,1H3/b26-20-. The van der Waals surface area contributed by atoms with Gasteiger partial charge in [-0.1, -0.05) is 81.5 Å². The Morgan fingerprint density at radius 2 is 1.50 bits per heavy atom. The number of nitrogens with zero attached hydrogens (tertiary/aromatic N) is 1. The Balaban J connectivity index is 1.36. The third kappa shape index (κ3) is 5.83. The molecule has 0 spiro atoms. The summed E-state index contributed by atoms with van der Waals surface area (Å²) in [5.41, 5.74) is 4.87. The van der Waals surface area contributed by atoms with Gasteiger partial charge in [-0.2, -0.15) is 0 Å². The molecule has 2 aromatic carbocycles. The van der Waals surface area contributed by atoms with Crippen LogP contribution in [0.15, 0.2) is 76.7 Å². The van der Waals surface area contributed by atoms with E-state index in [9.17, 15) is 4.79 Å². The van der Waals surface area contributed by atoms with Crippen molar-refractivity contribution in [1.29, 1.82) is 0 Å². The molecule has 0 fully saturated rings. The van der Waals surface area contributed by atoms with E-state index < -0.39 is 5.97 Å².